The lowest BCUT2D eigenvalue weighted by Gasteiger charge is -2.46. The minimum atomic E-state index is -4.21. The predicted octanol–water partition coefficient (Wildman–Crippen LogP) is 2.05. The SMILES string of the molecule is CC[C@H]1OC(=O)[C@H](C)[C@@H](O)[C@@H](C)[C@@H](O[C@H]2O[C@@H](C)C[C@H](N(C)C)[C@@H]2O)[C@](C)(O)C[C@@H](C)CN(CCCN(CCC#N)C(=O)NS(=O)(=O)c2ccccc2)[C@H](C)[C@@H](O)[C@]1(C)O. The Labute approximate surface area is 356 Å². The van der Waals surface area contributed by atoms with Crippen molar-refractivity contribution in [1.29, 1.82) is 5.26 Å². The molecule has 0 saturated carbocycles. The van der Waals surface area contributed by atoms with E-state index in [0.29, 0.717) is 6.42 Å². The molecule has 0 spiro atoms. The molecule has 2 fully saturated rings. The summed E-state index contributed by atoms with van der Waals surface area (Å²) in [5.74, 6) is -3.25. The fraction of sp³-hybridized carbons (Fsp3) is 0.786. The number of carbonyl (C=O) groups is 2. The van der Waals surface area contributed by atoms with Crippen LogP contribution < -0.4 is 4.72 Å². The van der Waals surface area contributed by atoms with Crippen LogP contribution in [0.25, 0.3) is 0 Å². The van der Waals surface area contributed by atoms with E-state index in [-0.39, 0.29) is 74.8 Å². The third kappa shape index (κ3) is 13.0. The van der Waals surface area contributed by atoms with Gasteiger partial charge in [0, 0.05) is 44.2 Å². The van der Waals surface area contributed by atoms with E-state index < -0.39 is 87.9 Å². The van der Waals surface area contributed by atoms with Crippen LogP contribution in [0.3, 0.4) is 0 Å². The average molecular weight is 870 g/mol. The maximum Gasteiger partial charge on any atom is 0.331 e. The van der Waals surface area contributed by atoms with Crippen molar-refractivity contribution in [2.24, 2.45) is 17.8 Å². The van der Waals surface area contributed by atoms with E-state index in [1.54, 1.807) is 33.8 Å². The summed E-state index contributed by atoms with van der Waals surface area (Å²) in [5, 5.41) is 68.5. The summed E-state index contributed by atoms with van der Waals surface area (Å²) in [5.41, 5.74) is -3.67. The van der Waals surface area contributed by atoms with Crippen molar-refractivity contribution >= 4 is 22.0 Å². The molecule has 0 aromatic heterocycles. The molecule has 1 aromatic rings. The summed E-state index contributed by atoms with van der Waals surface area (Å²) in [7, 11) is -0.532. The topological polar surface area (TPSA) is 243 Å². The van der Waals surface area contributed by atoms with Crippen LogP contribution in [0.15, 0.2) is 35.2 Å². The highest BCUT2D eigenvalue weighted by Crippen LogP contribution is 2.37. The van der Waals surface area contributed by atoms with Gasteiger partial charge < -0.3 is 49.5 Å². The predicted molar refractivity (Wildman–Crippen MR) is 222 cm³/mol. The molecule has 0 unspecified atom stereocenters. The van der Waals surface area contributed by atoms with Gasteiger partial charge >= 0.3 is 12.0 Å². The van der Waals surface area contributed by atoms with Gasteiger partial charge in [0.15, 0.2) is 6.29 Å². The van der Waals surface area contributed by atoms with Gasteiger partial charge in [-0.1, -0.05) is 39.0 Å². The van der Waals surface area contributed by atoms with E-state index in [4.69, 9.17) is 14.2 Å². The highest BCUT2D eigenvalue weighted by atomic mass is 32.2. The number of cyclic esters (lactones) is 1. The first-order chi connectivity index (χ1) is 27.9. The third-order valence-corrected chi connectivity index (χ3v) is 13.6. The lowest BCUT2D eigenvalue weighted by molar-refractivity contribution is -0.299. The number of sulfonamides is 1. The Balaban J connectivity index is 1.99. The molecule has 2 aliphatic heterocycles. The van der Waals surface area contributed by atoms with Gasteiger partial charge in [-0.05, 0) is 92.4 Å². The minimum Gasteiger partial charge on any atom is -0.459 e. The van der Waals surface area contributed by atoms with Gasteiger partial charge in [-0.2, -0.15) is 5.26 Å². The van der Waals surface area contributed by atoms with Crippen molar-refractivity contribution in [3.63, 3.8) is 0 Å². The van der Waals surface area contributed by atoms with Crippen LogP contribution in [0.5, 0.6) is 0 Å². The summed E-state index contributed by atoms with van der Waals surface area (Å²) in [4.78, 5) is 31.9. The molecule has 14 atom stereocenters. The van der Waals surface area contributed by atoms with Crippen LogP contribution in [0, 0.1) is 29.1 Å². The van der Waals surface area contributed by atoms with Gasteiger partial charge in [0.25, 0.3) is 10.0 Å². The molecule has 2 aliphatic rings. The first-order valence-corrected chi connectivity index (χ1v) is 22.5. The zero-order valence-corrected chi connectivity index (χ0v) is 37.8. The van der Waals surface area contributed by atoms with Crippen LogP contribution in [0.4, 0.5) is 4.79 Å². The molecule has 17 nitrogen and oxygen atoms in total. The number of nitrogens with one attached hydrogen (secondary N) is 1. The molecule has 1 aromatic carbocycles. The molecule has 2 heterocycles. The molecule has 0 bridgehead atoms. The number of nitrogens with zero attached hydrogens (tertiary/aromatic N) is 4. The normalized spacial score (nSPS) is 36.7. The van der Waals surface area contributed by atoms with Crippen molar-refractivity contribution < 1.29 is 57.8 Å². The van der Waals surface area contributed by atoms with Gasteiger partial charge in [0.1, 0.15) is 23.9 Å². The Morgan fingerprint density at radius 1 is 1.05 bits per heavy atom. The summed E-state index contributed by atoms with van der Waals surface area (Å²) in [6, 6.07) is 7.37. The number of urea groups is 1. The Morgan fingerprint density at radius 2 is 1.68 bits per heavy atom. The first kappa shape index (κ1) is 51.4. The monoisotopic (exact) mass is 869 g/mol. The summed E-state index contributed by atoms with van der Waals surface area (Å²) in [6.45, 7) is 13.6. The number of ether oxygens (including phenoxy) is 3. The maximum absolute atomic E-state index is 13.7. The lowest BCUT2D eigenvalue weighted by atomic mass is 9.78. The average Bonchev–Trinajstić information content (AvgIpc) is 3.18. The second kappa shape index (κ2) is 21.9. The highest BCUT2D eigenvalue weighted by molar-refractivity contribution is 7.90. The molecule has 0 aliphatic carbocycles. The summed E-state index contributed by atoms with van der Waals surface area (Å²) >= 11 is 0. The van der Waals surface area contributed by atoms with E-state index in [1.165, 1.54) is 43.0 Å². The summed E-state index contributed by atoms with van der Waals surface area (Å²) in [6.07, 6.45) is -6.96. The van der Waals surface area contributed by atoms with E-state index in [1.807, 2.05) is 43.8 Å². The largest absolute Gasteiger partial charge is 0.459 e. The second-order valence-electron chi connectivity index (χ2n) is 17.6. The number of likely N-dealkylation sites (N-methyl/N-ethyl adjacent to an activating group) is 1. The van der Waals surface area contributed by atoms with Gasteiger partial charge in [-0.15, -0.1) is 0 Å². The van der Waals surface area contributed by atoms with Crippen molar-refractivity contribution in [1.82, 2.24) is 19.4 Å². The number of aliphatic hydroxyl groups excluding tert-OH is 3. The summed E-state index contributed by atoms with van der Waals surface area (Å²) < 4.78 is 46.4. The molecular formula is C42H71N5O12S. The molecule has 6 N–H and O–H groups in total. The molecule has 60 heavy (non-hydrogen) atoms. The van der Waals surface area contributed by atoms with Crippen LogP contribution in [-0.2, 0) is 29.0 Å². The second-order valence-corrected chi connectivity index (χ2v) is 19.3. The molecule has 3 rings (SSSR count). The maximum atomic E-state index is 13.7. The van der Waals surface area contributed by atoms with Gasteiger partial charge in [-0.25, -0.2) is 17.9 Å². The number of nitriles is 1. The molecule has 18 heteroatoms. The van der Waals surface area contributed by atoms with Gasteiger partial charge in [0.2, 0.25) is 0 Å². The van der Waals surface area contributed by atoms with Crippen molar-refractivity contribution in [3.05, 3.63) is 30.3 Å². The minimum absolute atomic E-state index is 0.0219. The number of benzene rings is 1. The van der Waals surface area contributed by atoms with Gasteiger partial charge in [-0.3, -0.25) is 9.69 Å². The Bertz CT molecular complexity index is 1680. The van der Waals surface area contributed by atoms with E-state index in [2.05, 4.69) is 4.72 Å². The van der Waals surface area contributed by atoms with Gasteiger partial charge in [0.05, 0.1) is 47.2 Å². The van der Waals surface area contributed by atoms with Crippen molar-refractivity contribution in [2.75, 3.05) is 40.3 Å². The lowest BCUT2D eigenvalue weighted by Crippen LogP contribution is -2.59. The molecular weight excluding hydrogens is 799 g/mol. The number of aliphatic hydroxyl groups is 5. The number of carbonyl (C=O) groups excluding carboxylic acids is 2. The zero-order valence-electron chi connectivity index (χ0n) is 37.0. The standard InChI is InChI=1S/C42H71N5O12S/c1-11-33-42(8,54)36(50)30(6)47(22-16-21-46(20-15-19-43)40(52)44-60(55,56)31-17-13-12-14-18-31)25-26(2)24-41(7,53)37(28(4)34(48)29(5)38(51)58-33)59-39-35(49)32(45(9)10)23-27(3)57-39/h12-14,17-18,26-30,32-37,39,48-50,53-54H,11,15-16,20-25H2,1-10H3,(H,44,52)/t26-,27+,28-,29-,30-,32+,33-,34+,35+,36-,37-,39-,41-,42-/m1/s1. The van der Waals surface area contributed by atoms with Crippen molar-refractivity contribution in [3.8, 4) is 6.07 Å². The number of hydrogen-bond acceptors (Lipinski definition) is 15. The van der Waals surface area contributed by atoms with Crippen LogP contribution in [0.1, 0.15) is 87.5 Å². The molecule has 2 amide bonds. The number of rotatable bonds is 12. The van der Waals surface area contributed by atoms with E-state index in [9.17, 15) is 48.8 Å². The molecule has 2 saturated heterocycles. The zero-order chi connectivity index (χ0) is 45.3. The Morgan fingerprint density at radius 3 is 2.27 bits per heavy atom. The Kier molecular flexibility index (Phi) is 18.8. The Hall–Kier alpha value is -2.96. The van der Waals surface area contributed by atoms with E-state index in [0.717, 1.165) is 0 Å². The molecule has 0 radical (unpaired) electrons. The first-order valence-electron chi connectivity index (χ1n) is 21.0. The molecule has 342 valence electrons. The smallest absolute Gasteiger partial charge is 0.331 e. The number of amides is 2. The van der Waals surface area contributed by atoms with Crippen LogP contribution in [-0.4, -0.2) is 167 Å². The van der Waals surface area contributed by atoms with Crippen molar-refractivity contribution in [2.45, 2.75) is 159 Å². The fourth-order valence-electron chi connectivity index (χ4n) is 8.70. The number of hydrogen-bond donors (Lipinski definition) is 6. The fourth-order valence-corrected chi connectivity index (χ4v) is 9.69. The van der Waals surface area contributed by atoms with E-state index >= 15 is 0 Å². The van der Waals surface area contributed by atoms with Crippen LogP contribution >= 0.6 is 0 Å². The highest BCUT2D eigenvalue weighted by Gasteiger charge is 2.50. The quantitative estimate of drug-likeness (QED) is 0.165. The third-order valence-electron chi connectivity index (χ3n) is 12.2. The number of esters is 1. The van der Waals surface area contributed by atoms with Crippen LogP contribution in [0.2, 0.25) is 0 Å².